The number of rotatable bonds is 11. The molecule has 1 aliphatic carbocycles. The van der Waals surface area contributed by atoms with Crippen LogP contribution in [0.4, 0.5) is 0 Å². The van der Waals surface area contributed by atoms with Crippen LogP contribution in [0.3, 0.4) is 0 Å². The second kappa shape index (κ2) is 14.5. The van der Waals surface area contributed by atoms with E-state index in [1.165, 1.54) is 13.0 Å². The van der Waals surface area contributed by atoms with E-state index in [2.05, 4.69) is 23.6 Å². The van der Waals surface area contributed by atoms with Crippen molar-refractivity contribution < 1.29 is 43.5 Å². The van der Waals surface area contributed by atoms with Gasteiger partial charge in [0.2, 0.25) is 11.8 Å². The fraction of sp³-hybridized carbons (Fsp3) is 0.719. The lowest BCUT2D eigenvalue weighted by Gasteiger charge is -2.39. The summed E-state index contributed by atoms with van der Waals surface area (Å²) in [7, 11) is 0. The molecule has 43 heavy (non-hydrogen) atoms. The zero-order chi connectivity index (χ0) is 31.3. The van der Waals surface area contributed by atoms with E-state index in [0.29, 0.717) is 32.3 Å². The Hall–Kier alpha value is -2.57. The molecule has 1 saturated carbocycles. The van der Waals surface area contributed by atoms with Crippen LogP contribution in [0, 0.1) is 5.92 Å². The first-order valence-corrected chi connectivity index (χ1v) is 15.4. The van der Waals surface area contributed by atoms with E-state index in [9.17, 15) is 24.6 Å². The summed E-state index contributed by atoms with van der Waals surface area (Å²) in [6.45, 7) is 9.51. The largest absolute Gasteiger partial charge is 0.459 e. The highest BCUT2D eigenvalue weighted by Crippen LogP contribution is 2.43. The van der Waals surface area contributed by atoms with Crippen LogP contribution >= 0.6 is 0 Å². The van der Waals surface area contributed by atoms with Crippen molar-refractivity contribution in [2.24, 2.45) is 5.92 Å². The van der Waals surface area contributed by atoms with Crippen LogP contribution in [0.25, 0.3) is 0 Å². The number of carbonyl (C=O) groups is 3. The quantitative estimate of drug-likeness (QED) is 0.120. The lowest BCUT2D eigenvalue weighted by atomic mass is 9.86. The van der Waals surface area contributed by atoms with Gasteiger partial charge in [-0.3, -0.25) is 14.4 Å². The Morgan fingerprint density at radius 2 is 1.79 bits per heavy atom. The number of nitrogens with one attached hydrogen (secondary N) is 2. The van der Waals surface area contributed by atoms with E-state index in [-0.39, 0.29) is 60.7 Å². The lowest BCUT2D eigenvalue weighted by Crippen LogP contribution is -2.52. The normalized spacial score (nSPS) is 38.5. The fourth-order valence-electron chi connectivity index (χ4n) is 6.09. The van der Waals surface area contributed by atoms with E-state index in [1.807, 2.05) is 26.0 Å². The van der Waals surface area contributed by atoms with Crippen molar-refractivity contribution in [3.05, 3.63) is 36.0 Å². The maximum Gasteiger partial charge on any atom is 0.303 e. The molecule has 240 valence electrons. The van der Waals surface area contributed by atoms with Crippen LogP contribution in [0.15, 0.2) is 36.0 Å². The minimum atomic E-state index is -0.813. The fourth-order valence-corrected chi connectivity index (χ4v) is 6.09. The summed E-state index contributed by atoms with van der Waals surface area (Å²) < 4.78 is 23.0. The van der Waals surface area contributed by atoms with Gasteiger partial charge >= 0.3 is 5.97 Å². The van der Waals surface area contributed by atoms with Crippen LogP contribution < -0.4 is 10.6 Å². The van der Waals surface area contributed by atoms with E-state index < -0.39 is 29.9 Å². The molecule has 3 heterocycles. The van der Waals surface area contributed by atoms with E-state index >= 15 is 0 Å². The zero-order valence-corrected chi connectivity index (χ0v) is 25.9. The van der Waals surface area contributed by atoms with Crippen molar-refractivity contribution in [2.75, 3.05) is 6.61 Å². The summed E-state index contributed by atoms with van der Waals surface area (Å²) in [5.74, 6) is -0.554. The van der Waals surface area contributed by atoms with Gasteiger partial charge in [0, 0.05) is 25.5 Å². The molecule has 0 bridgehead atoms. The number of esters is 1. The molecule has 9 atom stereocenters. The third-order valence-electron chi connectivity index (χ3n) is 8.82. The zero-order valence-electron chi connectivity index (χ0n) is 25.9. The number of epoxide rings is 1. The molecule has 11 nitrogen and oxygen atoms in total. The molecule has 3 saturated heterocycles. The maximum atomic E-state index is 12.5. The Bertz CT molecular complexity index is 1090. The topological polar surface area (TPSA) is 156 Å². The first-order chi connectivity index (χ1) is 20.3. The molecule has 1 spiro atoms. The van der Waals surface area contributed by atoms with Gasteiger partial charge < -0.3 is 39.8 Å². The molecular formula is C32H48N2O9. The molecule has 0 aromatic carbocycles. The molecule has 2 amide bonds. The SMILES string of the molecule is CC(=O)O[C@@H](C)/C=C\C(=O)N[C@@H]1C[C@H](C)[C@H](C/C=C(C)/C=C/[C@H]2O[C@H](CC(=O)N[C@H]3C[C@@H](O)C3)C[C@@]3(CO3)[C@@H]2O)O[C@@H]1C. The predicted octanol–water partition coefficient (Wildman–Crippen LogP) is 2.00. The van der Waals surface area contributed by atoms with Crippen molar-refractivity contribution in [3.63, 3.8) is 0 Å². The number of aliphatic hydroxyl groups excluding tert-OH is 2. The van der Waals surface area contributed by atoms with Crippen molar-refractivity contribution >= 4 is 17.8 Å². The number of amides is 2. The van der Waals surface area contributed by atoms with Gasteiger partial charge in [-0.15, -0.1) is 0 Å². The summed E-state index contributed by atoms with van der Waals surface area (Å²) in [4.78, 5) is 35.9. The number of ether oxygens (including phenoxy) is 4. The van der Waals surface area contributed by atoms with Crippen molar-refractivity contribution in [2.45, 2.75) is 134 Å². The first-order valence-electron chi connectivity index (χ1n) is 15.4. The summed E-state index contributed by atoms with van der Waals surface area (Å²) >= 11 is 0. The molecule has 4 N–H and O–H groups in total. The first kappa shape index (κ1) is 33.3. The van der Waals surface area contributed by atoms with E-state index in [1.54, 1.807) is 13.0 Å². The third-order valence-corrected chi connectivity index (χ3v) is 8.82. The van der Waals surface area contributed by atoms with Crippen molar-refractivity contribution in [1.82, 2.24) is 10.6 Å². The van der Waals surface area contributed by atoms with E-state index in [4.69, 9.17) is 18.9 Å². The second-order valence-electron chi connectivity index (χ2n) is 12.7. The molecule has 0 radical (unpaired) electrons. The number of carbonyl (C=O) groups excluding carboxylic acids is 3. The molecule has 11 heteroatoms. The van der Waals surface area contributed by atoms with Gasteiger partial charge in [0.15, 0.2) is 0 Å². The average Bonchev–Trinajstić information content (AvgIpc) is 3.68. The van der Waals surface area contributed by atoms with Crippen LogP contribution in [0.2, 0.25) is 0 Å². The average molecular weight is 605 g/mol. The molecule has 4 fully saturated rings. The van der Waals surface area contributed by atoms with Gasteiger partial charge in [-0.25, -0.2) is 0 Å². The van der Waals surface area contributed by atoms with Gasteiger partial charge in [0.05, 0.1) is 43.5 Å². The number of allylic oxidation sites excluding steroid dienone is 2. The summed E-state index contributed by atoms with van der Waals surface area (Å²) in [5, 5.41) is 26.3. The van der Waals surface area contributed by atoms with E-state index in [0.717, 1.165) is 12.0 Å². The van der Waals surface area contributed by atoms with Crippen LogP contribution in [0.1, 0.15) is 73.1 Å². The number of hydrogen-bond acceptors (Lipinski definition) is 9. The Morgan fingerprint density at radius 3 is 2.44 bits per heavy atom. The standard InChI is InChI=1S/C32H48N2O9/c1-18(6-9-27-19(2)12-26(21(4)42-27)34-29(37)11-8-20(3)41-22(5)35)7-10-28-31(39)32(17-40-32)16-25(43-28)15-30(38)33-23-13-24(36)14-23/h6-8,10-11,19-21,23-28,31,36,39H,9,12-17H2,1-5H3,(H,33,38)(H,34,37)/b10-7+,11-8-,18-6+/t19-,20-,21+,23-,24+,25+,26+,27-,28+,31+,32+/m0/s1. The highest BCUT2D eigenvalue weighted by Gasteiger charge is 2.58. The molecule has 4 aliphatic rings. The van der Waals surface area contributed by atoms with Crippen LogP contribution in [0.5, 0.6) is 0 Å². The smallest absolute Gasteiger partial charge is 0.303 e. The summed E-state index contributed by atoms with van der Waals surface area (Å²) in [5.41, 5.74) is 0.336. The minimum absolute atomic E-state index is 0.00893. The summed E-state index contributed by atoms with van der Waals surface area (Å²) in [6, 6.07) is -0.115. The monoisotopic (exact) mass is 604 g/mol. The lowest BCUT2D eigenvalue weighted by molar-refractivity contribution is -0.146. The number of hydrogen-bond donors (Lipinski definition) is 4. The Labute approximate surface area is 254 Å². The molecular weight excluding hydrogens is 556 g/mol. The molecule has 3 aliphatic heterocycles. The molecule has 0 aromatic heterocycles. The van der Waals surface area contributed by atoms with Gasteiger partial charge in [-0.1, -0.05) is 30.7 Å². The highest BCUT2D eigenvalue weighted by molar-refractivity contribution is 5.87. The Morgan fingerprint density at radius 1 is 1.07 bits per heavy atom. The van der Waals surface area contributed by atoms with Crippen LogP contribution in [-0.4, -0.2) is 95.0 Å². The molecule has 0 unspecified atom stereocenters. The minimum Gasteiger partial charge on any atom is -0.459 e. The summed E-state index contributed by atoms with van der Waals surface area (Å²) in [6.07, 6.45) is 9.31. The Kier molecular flexibility index (Phi) is 11.2. The van der Waals surface area contributed by atoms with Gasteiger partial charge in [0.25, 0.3) is 0 Å². The van der Waals surface area contributed by atoms with Crippen molar-refractivity contribution in [3.8, 4) is 0 Å². The molecule has 0 aromatic rings. The second-order valence-corrected chi connectivity index (χ2v) is 12.7. The van der Waals surface area contributed by atoms with Crippen LogP contribution in [-0.2, 0) is 33.3 Å². The predicted molar refractivity (Wildman–Crippen MR) is 158 cm³/mol. The van der Waals surface area contributed by atoms with Gasteiger partial charge in [0.1, 0.15) is 23.9 Å². The molecule has 4 rings (SSSR count). The van der Waals surface area contributed by atoms with Gasteiger partial charge in [-0.2, -0.15) is 0 Å². The number of aliphatic hydroxyl groups is 2. The maximum absolute atomic E-state index is 12.5. The Balaban J connectivity index is 1.24. The van der Waals surface area contributed by atoms with Gasteiger partial charge in [-0.05, 0) is 58.4 Å². The third kappa shape index (κ3) is 9.46. The van der Waals surface area contributed by atoms with Crippen molar-refractivity contribution in [1.29, 1.82) is 0 Å². The highest BCUT2D eigenvalue weighted by atomic mass is 16.6.